The number of amides is 1. The zero-order valence-electron chi connectivity index (χ0n) is 13.2. The fourth-order valence-electron chi connectivity index (χ4n) is 2.07. The van der Waals surface area contributed by atoms with Crippen LogP contribution in [0.5, 0.6) is 0 Å². The Morgan fingerprint density at radius 1 is 1.00 bits per heavy atom. The van der Waals surface area contributed by atoms with Crippen molar-refractivity contribution in [3.8, 4) is 0 Å². The summed E-state index contributed by atoms with van der Waals surface area (Å²) in [5.41, 5.74) is 6.16. The van der Waals surface area contributed by atoms with Crippen molar-refractivity contribution in [3.63, 3.8) is 0 Å². The van der Waals surface area contributed by atoms with Gasteiger partial charge in [0.05, 0.1) is 5.71 Å². The van der Waals surface area contributed by atoms with Crippen LogP contribution < -0.4 is 10.3 Å². The van der Waals surface area contributed by atoms with Crippen molar-refractivity contribution in [2.45, 2.75) is 13.3 Å². The Labute approximate surface area is 131 Å². The van der Waals surface area contributed by atoms with Gasteiger partial charge in [-0.1, -0.05) is 37.3 Å². The van der Waals surface area contributed by atoms with Gasteiger partial charge in [-0.05, 0) is 36.2 Å². The second-order valence-corrected chi connectivity index (χ2v) is 5.16. The summed E-state index contributed by atoms with van der Waals surface area (Å²) >= 11 is 0. The van der Waals surface area contributed by atoms with E-state index in [1.165, 1.54) is 0 Å². The highest BCUT2D eigenvalue weighted by atomic mass is 16.2. The van der Waals surface area contributed by atoms with E-state index >= 15 is 0 Å². The molecule has 1 amide bonds. The summed E-state index contributed by atoms with van der Waals surface area (Å²) in [6.45, 7) is 2.02. The minimum atomic E-state index is -0.202. The predicted octanol–water partition coefficient (Wildman–Crippen LogP) is 3.30. The maximum absolute atomic E-state index is 12.1. The minimum Gasteiger partial charge on any atom is -0.378 e. The first kappa shape index (κ1) is 15.8. The third-order valence-electron chi connectivity index (χ3n) is 3.38. The van der Waals surface area contributed by atoms with E-state index in [4.69, 9.17) is 0 Å². The van der Waals surface area contributed by atoms with Crippen molar-refractivity contribution in [3.05, 3.63) is 65.7 Å². The van der Waals surface area contributed by atoms with Gasteiger partial charge in [0.15, 0.2) is 0 Å². The maximum atomic E-state index is 12.1. The Bertz CT molecular complexity index is 646. The molecule has 0 saturated carbocycles. The van der Waals surface area contributed by atoms with E-state index in [0.717, 1.165) is 23.4 Å². The largest absolute Gasteiger partial charge is 0.378 e. The monoisotopic (exact) mass is 295 g/mol. The maximum Gasteiger partial charge on any atom is 0.271 e. The molecule has 0 aliphatic rings. The summed E-state index contributed by atoms with van der Waals surface area (Å²) in [5.74, 6) is -0.202. The molecule has 0 aliphatic heterocycles. The number of benzene rings is 2. The first-order valence-electron chi connectivity index (χ1n) is 7.31. The van der Waals surface area contributed by atoms with E-state index in [0.29, 0.717) is 5.56 Å². The molecule has 2 aromatic carbocycles. The van der Waals surface area contributed by atoms with Crippen LogP contribution in [0.25, 0.3) is 0 Å². The van der Waals surface area contributed by atoms with Crippen LogP contribution in [0, 0.1) is 0 Å². The molecule has 0 heterocycles. The lowest BCUT2D eigenvalue weighted by Crippen LogP contribution is -2.20. The van der Waals surface area contributed by atoms with Gasteiger partial charge >= 0.3 is 0 Å². The number of nitrogens with zero attached hydrogens (tertiary/aromatic N) is 2. The number of carbonyl (C=O) groups excluding carboxylic acids is 1. The van der Waals surface area contributed by atoms with Crippen LogP contribution in [0.4, 0.5) is 5.69 Å². The van der Waals surface area contributed by atoms with Gasteiger partial charge < -0.3 is 4.90 Å². The van der Waals surface area contributed by atoms with Crippen molar-refractivity contribution in [2.24, 2.45) is 5.10 Å². The molecule has 4 nitrogen and oxygen atoms in total. The molecule has 0 radical (unpaired) electrons. The highest BCUT2D eigenvalue weighted by molar-refractivity contribution is 6.02. The standard InChI is InChI=1S/C18H21N3O/c1-4-17(14-8-6-5-7-9-14)19-20-18(22)15-10-12-16(13-11-15)21(2)3/h5-13H,4H2,1-3H3,(H,20,22)/b19-17-. The fraction of sp³-hybridized carbons (Fsp3) is 0.222. The van der Waals surface area contributed by atoms with Gasteiger partial charge in [0, 0.05) is 25.3 Å². The summed E-state index contributed by atoms with van der Waals surface area (Å²) in [6, 6.07) is 17.3. The van der Waals surface area contributed by atoms with Gasteiger partial charge in [-0.25, -0.2) is 5.43 Å². The molecule has 0 bridgehead atoms. The van der Waals surface area contributed by atoms with Crippen LogP contribution in [0.1, 0.15) is 29.3 Å². The molecule has 0 fully saturated rings. The Kier molecular flexibility index (Phi) is 5.31. The zero-order chi connectivity index (χ0) is 15.9. The molecule has 114 valence electrons. The van der Waals surface area contributed by atoms with Crippen molar-refractivity contribution in [1.82, 2.24) is 5.43 Å². The number of carbonyl (C=O) groups is 1. The van der Waals surface area contributed by atoms with E-state index in [1.807, 2.05) is 68.4 Å². The second-order valence-electron chi connectivity index (χ2n) is 5.16. The van der Waals surface area contributed by atoms with E-state index < -0.39 is 0 Å². The molecule has 0 atom stereocenters. The molecular formula is C18H21N3O. The molecule has 0 unspecified atom stereocenters. The van der Waals surface area contributed by atoms with Crippen LogP contribution in [-0.2, 0) is 0 Å². The fourth-order valence-corrected chi connectivity index (χ4v) is 2.07. The smallest absolute Gasteiger partial charge is 0.271 e. The van der Waals surface area contributed by atoms with Gasteiger partial charge in [0.2, 0.25) is 0 Å². The Balaban J connectivity index is 2.09. The summed E-state index contributed by atoms with van der Waals surface area (Å²) in [7, 11) is 3.93. The van der Waals surface area contributed by atoms with Crippen LogP contribution in [0.2, 0.25) is 0 Å². The van der Waals surface area contributed by atoms with E-state index in [2.05, 4.69) is 10.5 Å². The molecule has 4 heteroatoms. The van der Waals surface area contributed by atoms with Crippen molar-refractivity contribution in [1.29, 1.82) is 0 Å². The topological polar surface area (TPSA) is 44.7 Å². The molecule has 1 N–H and O–H groups in total. The van der Waals surface area contributed by atoms with Crippen LogP contribution in [0.15, 0.2) is 59.7 Å². The number of anilines is 1. The Morgan fingerprint density at radius 2 is 1.64 bits per heavy atom. The lowest BCUT2D eigenvalue weighted by Gasteiger charge is -2.12. The first-order chi connectivity index (χ1) is 10.6. The average Bonchev–Trinajstić information content (AvgIpc) is 2.56. The molecule has 0 aromatic heterocycles. The first-order valence-corrected chi connectivity index (χ1v) is 7.31. The lowest BCUT2D eigenvalue weighted by molar-refractivity contribution is 0.0955. The molecule has 22 heavy (non-hydrogen) atoms. The summed E-state index contributed by atoms with van der Waals surface area (Å²) in [5, 5.41) is 4.25. The average molecular weight is 295 g/mol. The normalized spacial score (nSPS) is 11.1. The molecule has 0 aliphatic carbocycles. The van der Waals surface area contributed by atoms with Crippen LogP contribution in [-0.4, -0.2) is 25.7 Å². The number of hydrogen-bond acceptors (Lipinski definition) is 3. The van der Waals surface area contributed by atoms with Crippen molar-refractivity contribution in [2.75, 3.05) is 19.0 Å². The lowest BCUT2D eigenvalue weighted by atomic mass is 10.1. The highest BCUT2D eigenvalue weighted by Gasteiger charge is 2.06. The van der Waals surface area contributed by atoms with Crippen LogP contribution in [0.3, 0.4) is 0 Å². The molecule has 0 spiro atoms. The van der Waals surface area contributed by atoms with Gasteiger partial charge in [-0.2, -0.15) is 5.10 Å². The predicted molar refractivity (Wildman–Crippen MR) is 91.5 cm³/mol. The van der Waals surface area contributed by atoms with E-state index in [9.17, 15) is 4.79 Å². The number of rotatable bonds is 5. The minimum absolute atomic E-state index is 0.202. The van der Waals surface area contributed by atoms with Gasteiger partial charge in [0.1, 0.15) is 0 Å². The number of nitrogens with one attached hydrogen (secondary N) is 1. The van der Waals surface area contributed by atoms with Gasteiger partial charge in [0.25, 0.3) is 5.91 Å². The van der Waals surface area contributed by atoms with Crippen molar-refractivity contribution >= 4 is 17.3 Å². The molecule has 2 rings (SSSR count). The summed E-state index contributed by atoms with van der Waals surface area (Å²) < 4.78 is 0. The number of hydrogen-bond donors (Lipinski definition) is 1. The summed E-state index contributed by atoms with van der Waals surface area (Å²) in [4.78, 5) is 14.1. The Morgan fingerprint density at radius 3 is 2.18 bits per heavy atom. The third-order valence-corrected chi connectivity index (χ3v) is 3.38. The van der Waals surface area contributed by atoms with Crippen molar-refractivity contribution < 1.29 is 4.79 Å². The van der Waals surface area contributed by atoms with E-state index in [1.54, 1.807) is 12.1 Å². The second kappa shape index (κ2) is 7.41. The highest BCUT2D eigenvalue weighted by Crippen LogP contribution is 2.12. The molecule has 0 saturated heterocycles. The molecular weight excluding hydrogens is 274 g/mol. The SMILES string of the molecule is CC/C(=N/NC(=O)c1ccc(N(C)C)cc1)c1ccccc1. The zero-order valence-corrected chi connectivity index (χ0v) is 13.2. The quantitative estimate of drug-likeness (QED) is 0.679. The van der Waals surface area contributed by atoms with Gasteiger partial charge in [-0.15, -0.1) is 0 Å². The molecule has 2 aromatic rings. The third kappa shape index (κ3) is 3.95. The summed E-state index contributed by atoms with van der Waals surface area (Å²) in [6.07, 6.45) is 0.754. The van der Waals surface area contributed by atoms with E-state index in [-0.39, 0.29) is 5.91 Å². The number of hydrazone groups is 1. The Hall–Kier alpha value is -2.62. The van der Waals surface area contributed by atoms with Crippen LogP contribution >= 0.6 is 0 Å². The van der Waals surface area contributed by atoms with Gasteiger partial charge in [-0.3, -0.25) is 4.79 Å².